The Morgan fingerprint density at radius 2 is 1.77 bits per heavy atom. The molecule has 1 heterocycles. The highest BCUT2D eigenvalue weighted by Gasteiger charge is 2.26. The number of aliphatic hydroxyl groups excluding tert-OH is 1. The molecule has 4 rings (SSSR count). The van der Waals surface area contributed by atoms with E-state index in [1.165, 1.54) is 24.8 Å². The monoisotopic (exact) mass is 476 g/mol. The van der Waals surface area contributed by atoms with Gasteiger partial charge in [-0.2, -0.15) is 5.26 Å². The predicted molar refractivity (Wildman–Crippen MR) is 146 cm³/mol. The second-order valence-electron chi connectivity index (χ2n) is 9.90. The molecule has 2 aromatic rings. The molecule has 1 unspecified atom stereocenters. The molecule has 4 nitrogen and oxygen atoms in total. The second-order valence-corrected chi connectivity index (χ2v) is 9.90. The molecule has 4 heteroatoms. The van der Waals surface area contributed by atoms with E-state index in [1.807, 2.05) is 32.9 Å². The number of hydrogen-bond donors (Lipinski definition) is 1. The number of allylic oxidation sites excluding steroid dienone is 2. The summed E-state index contributed by atoms with van der Waals surface area (Å²) in [5.41, 5.74) is 1.89. The zero-order chi connectivity index (χ0) is 25.4. The van der Waals surface area contributed by atoms with Crippen LogP contribution < -0.4 is 4.74 Å². The third-order valence-corrected chi connectivity index (χ3v) is 8.06. The van der Waals surface area contributed by atoms with Crippen LogP contribution in [0.4, 0.5) is 0 Å². The normalized spacial score (nSPS) is 22.7. The molecule has 0 aromatic heterocycles. The van der Waals surface area contributed by atoms with Crippen molar-refractivity contribution in [1.82, 2.24) is 4.90 Å². The third-order valence-electron chi connectivity index (χ3n) is 8.06. The zero-order valence-corrected chi connectivity index (χ0v) is 22.4. The van der Waals surface area contributed by atoms with Gasteiger partial charge in [-0.1, -0.05) is 45.4 Å². The average Bonchev–Trinajstić information content (AvgIpc) is 2.93. The molecule has 1 saturated carbocycles. The lowest BCUT2D eigenvalue weighted by atomic mass is 9.86. The summed E-state index contributed by atoms with van der Waals surface area (Å²) in [6.45, 7) is 12.4. The van der Waals surface area contributed by atoms with Crippen LogP contribution in [0.15, 0.2) is 42.2 Å². The highest BCUT2D eigenvalue weighted by Crippen LogP contribution is 2.35. The summed E-state index contributed by atoms with van der Waals surface area (Å²) in [5, 5.41) is 22.2. The highest BCUT2D eigenvalue weighted by molar-refractivity contribution is 5.90. The molecule has 0 bridgehead atoms. The van der Waals surface area contributed by atoms with Crippen LogP contribution in [0.5, 0.6) is 5.75 Å². The Hall–Kier alpha value is -2.51. The molecular weight excluding hydrogens is 432 g/mol. The molecule has 35 heavy (non-hydrogen) atoms. The van der Waals surface area contributed by atoms with Crippen LogP contribution in [0.3, 0.4) is 0 Å². The number of likely N-dealkylation sites (tertiary alicyclic amines) is 1. The van der Waals surface area contributed by atoms with E-state index in [9.17, 15) is 10.4 Å². The van der Waals surface area contributed by atoms with Crippen molar-refractivity contribution >= 4 is 10.8 Å². The predicted octanol–water partition coefficient (Wildman–Crippen LogP) is 8.32. The molecule has 1 atom stereocenters. The van der Waals surface area contributed by atoms with Crippen LogP contribution in [-0.2, 0) is 0 Å². The standard InChI is InChI=1S/C29H38N2O2.C2H6/c1-4-21-6-11-25(12-7-21)33-29-13-10-22-8-9-24(18-26(22)27(29)19-30)20(3)31-16-14-23(15-17-31)28(32)5-2;1-2/h5,8-10,13,18,20-21,23,25,32H,4,6-7,11-12,14-17H2,1-3H3;1-2H3. The molecule has 0 amide bonds. The Morgan fingerprint density at radius 3 is 2.37 bits per heavy atom. The molecular formula is C31H44N2O2. The van der Waals surface area contributed by atoms with Crippen LogP contribution in [0.25, 0.3) is 10.8 Å². The summed E-state index contributed by atoms with van der Waals surface area (Å²) in [5.74, 6) is 2.38. The van der Waals surface area contributed by atoms with Crippen LogP contribution in [-0.4, -0.2) is 29.2 Å². The van der Waals surface area contributed by atoms with Gasteiger partial charge in [0, 0.05) is 17.3 Å². The molecule has 2 fully saturated rings. The molecule has 1 N–H and O–H groups in total. The molecule has 0 spiro atoms. The zero-order valence-electron chi connectivity index (χ0n) is 22.4. The van der Waals surface area contributed by atoms with Crippen LogP contribution in [0, 0.1) is 23.2 Å². The second kappa shape index (κ2) is 13.0. The van der Waals surface area contributed by atoms with Crippen molar-refractivity contribution in [3.05, 3.63) is 53.3 Å². The largest absolute Gasteiger partial charge is 0.512 e. The fourth-order valence-corrected chi connectivity index (χ4v) is 5.66. The molecule has 1 aliphatic carbocycles. The van der Waals surface area contributed by atoms with Gasteiger partial charge < -0.3 is 9.84 Å². The number of piperidine rings is 1. The van der Waals surface area contributed by atoms with Gasteiger partial charge in [-0.25, -0.2) is 0 Å². The molecule has 2 aromatic carbocycles. The van der Waals surface area contributed by atoms with E-state index < -0.39 is 0 Å². The summed E-state index contributed by atoms with van der Waals surface area (Å²) in [6.07, 6.45) is 9.86. The molecule has 2 aliphatic rings. The van der Waals surface area contributed by atoms with Gasteiger partial charge in [0.05, 0.1) is 11.9 Å². The van der Waals surface area contributed by atoms with Crippen LogP contribution in [0.1, 0.15) is 96.7 Å². The van der Waals surface area contributed by atoms with Gasteiger partial charge in [-0.15, -0.1) is 0 Å². The minimum absolute atomic E-state index is 0.217. The van der Waals surface area contributed by atoms with Gasteiger partial charge in [0.1, 0.15) is 17.4 Å². The van der Waals surface area contributed by atoms with E-state index in [1.54, 1.807) is 0 Å². The summed E-state index contributed by atoms with van der Waals surface area (Å²) < 4.78 is 6.38. The Morgan fingerprint density at radius 1 is 1.11 bits per heavy atom. The maximum Gasteiger partial charge on any atom is 0.138 e. The maximum atomic E-state index is 10.1. The Balaban J connectivity index is 0.00000167. The summed E-state index contributed by atoms with van der Waals surface area (Å²) >= 11 is 0. The van der Waals surface area contributed by atoms with Crippen LogP contribution >= 0.6 is 0 Å². The summed E-state index contributed by atoms with van der Waals surface area (Å²) in [4.78, 5) is 2.49. The summed E-state index contributed by atoms with van der Waals surface area (Å²) in [7, 11) is 0. The fourth-order valence-electron chi connectivity index (χ4n) is 5.66. The number of fused-ring (bicyclic) bond motifs is 1. The third kappa shape index (κ3) is 6.39. The number of nitrogens with zero attached hydrogens (tertiary/aromatic N) is 2. The Kier molecular flexibility index (Phi) is 10.0. The van der Waals surface area contributed by atoms with E-state index in [4.69, 9.17) is 4.74 Å². The van der Waals surface area contributed by atoms with Crippen molar-refractivity contribution in [3.8, 4) is 11.8 Å². The van der Waals surface area contributed by atoms with E-state index >= 15 is 0 Å². The molecule has 190 valence electrons. The maximum absolute atomic E-state index is 10.1. The quantitative estimate of drug-likeness (QED) is 0.426. The average molecular weight is 477 g/mol. The lowest BCUT2D eigenvalue weighted by molar-refractivity contribution is 0.130. The Bertz CT molecular complexity index is 1020. The molecule has 0 radical (unpaired) electrons. The minimum Gasteiger partial charge on any atom is -0.512 e. The first-order valence-electron chi connectivity index (χ1n) is 13.8. The number of hydrogen-bond acceptors (Lipinski definition) is 4. The SMILES string of the molecule is CC.CC=C(O)C1CCN(C(C)c2ccc3ccc(OC4CCC(CC)CC4)c(C#N)c3c2)CC1. The van der Waals surface area contributed by atoms with E-state index in [0.29, 0.717) is 11.3 Å². The van der Waals surface area contributed by atoms with Crippen molar-refractivity contribution < 1.29 is 9.84 Å². The van der Waals surface area contributed by atoms with Gasteiger partial charge >= 0.3 is 0 Å². The van der Waals surface area contributed by atoms with Crippen molar-refractivity contribution in [2.45, 2.75) is 91.7 Å². The van der Waals surface area contributed by atoms with E-state index in [0.717, 1.165) is 61.2 Å². The first-order valence-corrected chi connectivity index (χ1v) is 13.8. The van der Waals surface area contributed by atoms with Gasteiger partial charge in [-0.3, -0.25) is 4.90 Å². The van der Waals surface area contributed by atoms with Crippen molar-refractivity contribution in [1.29, 1.82) is 5.26 Å². The lowest BCUT2D eigenvalue weighted by Gasteiger charge is -2.36. The molecule has 1 saturated heterocycles. The summed E-state index contributed by atoms with van der Waals surface area (Å²) in [6, 6.07) is 13.3. The first-order chi connectivity index (χ1) is 17.0. The number of aliphatic hydroxyl groups is 1. The first kappa shape index (κ1) is 27.1. The van der Waals surface area contributed by atoms with Crippen molar-refractivity contribution in [2.24, 2.45) is 11.8 Å². The van der Waals surface area contributed by atoms with Gasteiger partial charge in [0.25, 0.3) is 0 Å². The van der Waals surface area contributed by atoms with Crippen LogP contribution in [0.2, 0.25) is 0 Å². The minimum atomic E-state index is 0.217. The van der Waals surface area contributed by atoms with Gasteiger partial charge in [0.15, 0.2) is 0 Å². The van der Waals surface area contributed by atoms with E-state index in [-0.39, 0.29) is 18.1 Å². The van der Waals surface area contributed by atoms with Crippen molar-refractivity contribution in [3.63, 3.8) is 0 Å². The topological polar surface area (TPSA) is 56.5 Å². The van der Waals surface area contributed by atoms with Gasteiger partial charge in [0.2, 0.25) is 0 Å². The Labute approximate surface area is 212 Å². The highest BCUT2D eigenvalue weighted by atomic mass is 16.5. The lowest BCUT2D eigenvalue weighted by Crippen LogP contribution is -2.36. The fraction of sp³-hybridized carbons (Fsp3) is 0.581. The smallest absolute Gasteiger partial charge is 0.138 e. The molecule has 1 aliphatic heterocycles. The number of nitriles is 1. The van der Waals surface area contributed by atoms with E-state index in [2.05, 4.69) is 49.1 Å². The number of rotatable bonds is 6. The van der Waals surface area contributed by atoms with Crippen molar-refractivity contribution in [2.75, 3.05) is 13.1 Å². The number of benzene rings is 2. The van der Waals surface area contributed by atoms with Gasteiger partial charge in [-0.05, 0) is 101 Å². The number of ether oxygens (including phenoxy) is 1.